The topological polar surface area (TPSA) is 43.4 Å². The van der Waals surface area contributed by atoms with E-state index in [4.69, 9.17) is 0 Å². The number of rotatable bonds is 4. The summed E-state index contributed by atoms with van der Waals surface area (Å²) in [5.74, 6) is -14.3. The van der Waals surface area contributed by atoms with Crippen molar-refractivity contribution in [3.05, 3.63) is 65.0 Å². The van der Waals surface area contributed by atoms with Gasteiger partial charge >= 0.3 is 10.1 Å². The molecule has 0 heterocycles. The van der Waals surface area contributed by atoms with Crippen LogP contribution in [0.2, 0.25) is 0 Å². The van der Waals surface area contributed by atoms with Gasteiger partial charge in [0.05, 0.1) is 0 Å². The Bertz CT molecular complexity index is 777. The molecule has 0 aliphatic heterocycles. The van der Waals surface area contributed by atoms with Crippen molar-refractivity contribution in [3.8, 4) is 5.75 Å². The Labute approximate surface area is 122 Å². The van der Waals surface area contributed by atoms with E-state index in [2.05, 4.69) is 4.18 Å². The zero-order valence-corrected chi connectivity index (χ0v) is 11.4. The van der Waals surface area contributed by atoms with Crippen LogP contribution in [-0.4, -0.2) is 8.42 Å². The van der Waals surface area contributed by atoms with Crippen molar-refractivity contribution in [3.63, 3.8) is 0 Å². The van der Waals surface area contributed by atoms with E-state index >= 15 is 0 Å². The largest absolute Gasteiger partial charge is 0.376 e. The monoisotopic (exact) mass is 338 g/mol. The molecule has 0 radical (unpaired) electrons. The Morgan fingerprint density at radius 2 is 1.23 bits per heavy atom. The highest BCUT2D eigenvalue weighted by Gasteiger charge is 2.30. The third-order valence-electron chi connectivity index (χ3n) is 2.57. The van der Waals surface area contributed by atoms with Crippen LogP contribution in [0.25, 0.3) is 0 Å². The summed E-state index contributed by atoms with van der Waals surface area (Å²) in [6.07, 6.45) is 0. The third kappa shape index (κ3) is 3.19. The van der Waals surface area contributed by atoms with Crippen LogP contribution >= 0.6 is 0 Å². The van der Waals surface area contributed by atoms with Crippen LogP contribution in [0.3, 0.4) is 0 Å². The average molecular weight is 338 g/mol. The first kappa shape index (κ1) is 16.2. The molecule has 0 bridgehead atoms. The fraction of sp³-hybridized carbons (Fsp3) is 0.0769. The fourth-order valence-corrected chi connectivity index (χ4v) is 2.65. The first-order valence-electron chi connectivity index (χ1n) is 5.70. The maximum Gasteiger partial charge on any atom is 0.313 e. The van der Waals surface area contributed by atoms with Crippen molar-refractivity contribution in [1.82, 2.24) is 0 Å². The molecular weight excluding hydrogens is 331 g/mol. The van der Waals surface area contributed by atoms with Gasteiger partial charge in [0.25, 0.3) is 0 Å². The number of benzene rings is 2. The van der Waals surface area contributed by atoms with E-state index in [0.29, 0.717) is 0 Å². The summed E-state index contributed by atoms with van der Waals surface area (Å²) >= 11 is 0. The molecule has 2 aromatic carbocycles. The second-order valence-electron chi connectivity index (χ2n) is 4.17. The van der Waals surface area contributed by atoms with Crippen LogP contribution in [0.5, 0.6) is 5.75 Å². The molecule has 118 valence electrons. The van der Waals surface area contributed by atoms with Gasteiger partial charge in [-0.15, -0.1) is 0 Å². The van der Waals surface area contributed by atoms with E-state index in [1.54, 1.807) is 6.07 Å². The molecule has 0 aromatic heterocycles. The Morgan fingerprint density at radius 3 is 1.73 bits per heavy atom. The van der Waals surface area contributed by atoms with Gasteiger partial charge in [0.15, 0.2) is 0 Å². The van der Waals surface area contributed by atoms with E-state index in [9.17, 15) is 30.4 Å². The molecule has 0 aliphatic rings. The normalized spacial score (nSPS) is 11.5. The van der Waals surface area contributed by atoms with E-state index in [0.717, 1.165) is 0 Å². The minimum atomic E-state index is -4.61. The molecule has 22 heavy (non-hydrogen) atoms. The standard InChI is InChI=1S/C13H7F5O3S/c14-8-9(15)11(17)13(12(18)10(8)16)21-22(19,20)6-7-4-2-1-3-5-7/h1-5H,6H2. The fourth-order valence-electron chi connectivity index (χ4n) is 1.59. The maximum atomic E-state index is 13.4. The number of halogens is 5. The van der Waals surface area contributed by atoms with Gasteiger partial charge in [-0.2, -0.15) is 17.2 Å². The van der Waals surface area contributed by atoms with Crippen LogP contribution in [0.4, 0.5) is 22.0 Å². The minimum absolute atomic E-state index is 0.214. The van der Waals surface area contributed by atoms with Crippen molar-refractivity contribution in [2.45, 2.75) is 5.75 Å². The lowest BCUT2D eigenvalue weighted by Crippen LogP contribution is -2.16. The van der Waals surface area contributed by atoms with Gasteiger partial charge in [-0.3, -0.25) is 0 Å². The molecule has 0 aliphatic carbocycles. The van der Waals surface area contributed by atoms with Crippen molar-refractivity contribution < 1.29 is 34.6 Å². The molecule has 0 amide bonds. The summed E-state index contributed by atoms with van der Waals surface area (Å²) in [6, 6.07) is 7.38. The van der Waals surface area contributed by atoms with Gasteiger partial charge in [-0.05, 0) is 5.56 Å². The van der Waals surface area contributed by atoms with E-state index in [1.165, 1.54) is 24.3 Å². The molecule has 9 heteroatoms. The Kier molecular flexibility index (Phi) is 4.36. The van der Waals surface area contributed by atoms with Gasteiger partial charge in [0.2, 0.25) is 34.8 Å². The number of hydrogen-bond acceptors (Lipinski definition) is 3. The Balaban J connectivity index is 2.39. The molecule has 2 aromatic rings. The first-order valence-corrected chi connectivity index (χ1v) is 7.28. The smallest absolute Gasteiger partial charge is 0.313 e. The van der Waals surface area contributed by atoms with Gasteiger partial charge in [-0.1, -0.05) is 30.3 Å². The molecule has 2 rings (SSSR count). The van der Waals surface area contributed by atoms with Crippen LogP contribution in [0.1, 0.15) is 5.56 Å². The SMILES string of the molecule is O=S(=O)(Cc1ccccc1)Oc1c(F)c(F)c(F)c(F)c1F. The van der Waals surface area contributed by atoms with E-state index < -0.39 is 50.7 Å². The van der Waals surface area contributed by atoms with Gasteiger partial charge < -0.3 is 4.18 Å². The highest BCUT2D eigenvalue weighted by Crippen LogP contribution is 2.30. The number of hydrogen-bond donors (Lipinski definition) is 0. The molecule has 0 N–H and O–H groups in total. The molecule has 0 spiro atoms. The summed E-state index contributed by atoms with van der Waals surface area (Å²) in [6.45, 7) is 0. The summed E-state index contributed by atoms with van der Waals surface area (Å²) in [4.78, 5) is 0. The zero-order chi connectivity index (χ0) is 16.5. The van der Waals surface area contributed by atoms with Crippen molar-refractivity contribution in [2.75, 3.05) is 0 Å². The Hall–Kier alpha value is -2.16. The molecular formula is C13H7F5O3S. The zero-order valence-electron chi connectivity index (χ0n) is 10.6. The van der Waals surface area contributed by atoms with Crippen molar-refractivity contribution in [2.24, 2.45) is 0 Å². The quantitative estimate of drug-likeness (QED) is 0.372. The van der Waals surface area contributed by atoms with Gasteiger partial charge in [0.1, 0.15) is 5.75 Å². The van der Waals surface area contributed by atoms with Crippen LogP contribution in [0.15, 0.2) is 30.3 Å². The van der Waals surface area contributed by atoms with Crippen molar-refractivity contribution in [1.29, 1.82) is 0 Å². The highest BCUT2D eigenvalue weighted by molar-refractivity contribution is 7.86. The summed E-state index contributed by atoms with van der Waals surface area (Å²) in [5, 5.41) is 0. The lowest BCUT2D eigenvalue weighted by Gasteiger charge is -2.10. The first-order chi connectivity index (χ1) is 10.2. The van der Waals surface area contributed by atoms with Crippen LogP contribution < -0.4 is 4.18 Å². The average Bonchev–Trinajstić information content (AvgIpc) is 2.48. The van der Waals surface area contributed by atoms with Crippen LogP contribution in [0, 0.1) is 29.1 Å². The van der Waals surface area contributed by atoms with Gasteiger partial charge in [0, 0.05) is 0 Å². The summed E-state index contributed by atoms with van der Waals surface area (Å²) in [5.41, 5.74) is 0.214. The Morgan fingerprint density at radius 1 is 0.773 bits per heavy atom. The molecule has 0 atom stereocenters. The second kappa shape index (κ2) is 5.91. The predicted octanol–water partition coefficient (Wildman–Crippen LogP) is 3.29. The molecule has 0 fully saturated rings. The predicted molar refractivity (Wildman–Crippen MR) is 65.9 cm³/mol. The maximum absolute atomic E-state index is 13.4. The van der Waals surface area contributed by atoms with Gasteiger partial charge in [-0.25, -0.2) is 13.2 Å². The van der Waals surface area contributed by atoms with Crippen molar-refractivity contribution >= 4 is 10.1 Å². The third-order valence-corrected chi connectivity index (χ3v) is 3.67. The van der Waals surface area contributed by atoms with Crippen LogP contribution in [-0.2, 0) is 15.9 Å². The molecule has 0 saturated carbocycles. The molecule has 3 nitrogen and oxygen atoms in total. The summed E-state index contributed by atoms with van der Waals surface area (Å²) < 4.78 is 92.9. The lowest BCUT2D eigenvalue weighted by atomic mass is 10.2. The molecule has 0 unspecified atom stereocenters. The highest BCUT2D eigenvalue weighted by atomic mass is 32.2. The lowest BCUT2D eigenvalue weighted by molar-refractivity contribution is 0.346. The molecule has 0 saturated heterocycles. The van der Waals surface area contributed by atoms with E-state index in [1.807, 2.05) is 0 Å². The van der Waals surface area contributed by atoms with E-state index in [-0.39, 0.29) is 5.56 Å². The second-order valence-corrected chi connectivity index (χ2v) is 5.74. The minimum Gasteiger partial charge on any atom is -0.376 e. The summed E-state index contributed by atoms with van der Waals surface area (Å²) in [7, 11) is -4.61.